The molecule has 0 bridgehead atoms. The Morgan fingerprint density at radius 3 is 2.71 bits per heavy atom. The van der Waals surface area contributed by atoms with Crippen LogP contribution >= 0.6 is 12.2 Å². The highest BCUT2D eigenvalue weighted by Crippen LogP contribution is 2.19. The van der Waals surface area contributed by atoms with Crippen LogP contribution in [0.1, 0.15) is 18.9 Å². The summed E-state index contributed by atoms with van der Waals surface area (Å²) in [7, 11) is 0. The molecule has 0 aliphatic carbocycles. The standard InChI is InChI=1S/C18H20F2N2OS/c1-2-23-17-8-4-3-6-13(17)7-5-11-21-18(24)22-16-10-9-14(19)12-15(16)20/h3-4,6,8-10,12H,2,5,7,11H2,1H3,(H2,21,22,24). The van der Waals surface area contributed by atoms with Gasteiger partial charge >= 0.3 is 0 Å². The maximum Gasteiger partial charge on any atom is 0.170 e. The molecule has 128 valence electrons. The average molecular weight is 350 g/mol. The van der Waals surface area contributed by atoms with Gasteiger partial charge in [-0.2, -0.15) is 0 Å². The van der Waals surface area contributed by atoms with E-state index in [0.29, 0.717) is 18.3 Å². The third kappa shape index (κ3) is 5.45. The summed E-state index contributed by atoms with van der Waals surface area (Å²) in [6.07, 6.45) is 1.69. The number of aryl methyl sites for hydroxylation is 1. The molecule has 0 saturated heterocycles. The maximum atomic E-state index is 13.5. The van der Waals surface area contributed by atoms with Crippen molar-refractivity contribution in [2.75, 3.05) is 18.5 Å². The Labute approximate surface area is 146 Å². The summed E-state index contributed by atoms with van der Waals surface area (Å²) < 4.78 is 32.0. The summed E-state index contributed by atoms with van der Waals surface area (Å²) >= 11 is 5.12. The quantitative estimate of drug-likeness (QED) is 0.577. The maximum absolute atomic E-state index is 13.5. The molecule has 3 nitrogen and oxygen atoms in total. The summed E-state index contributed by atoms with van der Waals surface area (Å²) in [5, 5.41) is 6.04. The fourth-order valence-electron chi connectivity index (χ4n) is 2.24. The van der Waals surface area contributed by atoms with Crippen molar-refractivity contribution in [3.63, 3.8) is 0 Å². The number of hydrogen-bond acceptors (Lipinski definition) is 2. The lowest BCUT2D eigenvalue weighted by molar-refractivity contribution is 0.336. The van der Waals surface area contributed by atoms with E-state index in [9.17, 15) is 8.78 Å². The lowest BCUT2D eigenvalue weighted by Crippen LogP contribution is -2.29. The third-order valence-electron chi connectivity index (χ3n) is 3.36. The summed E-state index contributed by atoms with van der Waals surface area (Å²) in [5.74, 6) is -0.399. The lowest BCUT2D eigenvalue weighted by atomic mass is 10.1. The highest BCUT2D eigenvalue weighted by atomic mass is 32.1. The van der Waals surface area contributed by atoms with Crippen LogP contribution in [0.5, 0.6) is 5.75 Å². The molecule has 0 saturated carbocycles. The second-order valence-corrected chi connectivity index (χ2v) is 5.56. The molecule has 0 spiro atoms. The number of ether oxygens (including phenoxy) is 1. The van der Waals surface area contributed by atoms with Crippen LogP contribution in [0.4, 0.5) is 14.5 Å². The van der Waals surface area contributed by atoms with Crippen LogP contribution in [0.2, 0.25) is 0 Å². The third-order valence-corrected chi connectivity index (χ3v) is 3.61. The highest BCUT2D eigenvalue weighted by Gasteiger charge is 2.06. The van der Waals surface area contributed by atoms with Gasteiger partial charge in [-0.3, -0.25) is 0 Å². The fourth-order valence-corrected chi connectivity index (χ4v) is 2.46. The molecule has 24 heavy (non-hydrogen) atoms. The van der Waals surface area contributed by atoms with E-state index in [-0.39, 0.29) is 5.69 Å². The minimum atomic E-state index is -0.676. The molecule has 0 aliphatic heterocycles. The Morgan fingerprint density at radius 1 is 1.17 bits per heavy atom. The van der Waals surface area contributed by atoms with Gasteiger partial charge in [-0.05, 0) is 55.7 Å². The Kier molecular flexibility index (Phi) is 6.93. The van der Waals surface area contributed by atoms with E-state index < -0.39 is 11.6 Å². The molecule has 2 aromatic carbocycles. The van der Waals surface area contributed by atoms with Gasteiger partial charge < -0.3 is 15.4 Å². The van der Waals surface area contributed by atoms with Crippen LogP contribution in [-0.4, -0.2) is 18.3 Å². The van der Waals surface area contributed by atoms with Crippen LogP contribution < -0.4 is 15.4 Å². The predicted octanol–water partition coefficient (Wildman–Crippen LogP) is 4.28. The van der Waals surface area contributed by atoms with Gasteiger partial charge in [0.05, 0.1) is 12.3 Å². The van der Waals surface area contributed by atoms with Gasteiger partial charge in [-0.15, -0.1) is 0 Å². The highest BCUT2D eigenvalue weighted by molar-refractivity contribution is 7.80. The second kappa shape index (κ2) is 9.17. The molecule has 0 amide bonds. The van der Waals surface area contributed by atoms with E-state index in [1.54, 1.807) is 0 Å². The predicted molar refractivity (Wildman–Crippen MR) is 96.5 cm³/mol. The van der Waals surface area contributed by atoms with Crippen molar-refractivity contribution in [3.8, 4) is 5.75 Å². The van der Waals surface area contributed by atoms with Crippen molar-refractivity contribution in [2.45, 2.75) is 19.8 Å². The minimum absolute atomic E-state index is 0.149. The molecule has 2 N–H and O–H groups in total. The first kappa shape index (κ1) is 18.1. The second-order valence-electron chi connectivity index (χ2n) is 5.15. The average Bonchev–Trinajstić information content (AvgIpc) is 2.56. The van der Waals surface area contributed by atoms with Crippen molar-refractivity contribution in [1.82, 2.24) is 5.32 Å². The first-order valence-corrected chi connectivity index (χ1v) is 8.21. The van der Waals surface area contributed by atoms with E-state index in [1.807, 2.05) is 31.2 Å². The summed E-state index contributed by atoms with van der Waals surface area (Å²) in [6.45, 7) is 3.22. The van der Waals surface area contributed by atoms with Crippen LogP contribution in [0.3, 0.4) is 0 Å². The molecule has 0 fully saturated rings. The van der Waals surface area contributed by atoms with Crippen molar-refractivity contribution < 1.29 is 13.5 Å². The number of nitrogens with one attached hydrogen (secondary N) is 2. The van der Waals surface area contributed by atoms with E-state index in [4.69, 9.17) is 17.0 Å². The zero-order chi connectivity index (χ0) is 17.4. The number of anilines is 1. The van der Waals surface area contributed by atoms with Crippen molar-refractivity contribution in [2.24, 2.45) is 0 Å². The fraction of sp³-hybridized carbons (Fsp3) is 0.278. The topological polar surface area (TPSA) is 33.3 Å². The normalized spacial score (nSPS) is 10.3. The van der Waals surface area contributed by atoms with Crippen LogP contribution in [0.15, 0.2) is 42.5 Å². The summed E-state index contributed by atoms with van der Waals surface area (Å²) in [5.41, 5.74) is 1.29. The van der Waals surface area contributed by atoms with Gasteiger partial charge in [0.1, 0.15) is 17.4 Å². The number of benzene rings is 2. The van der Waals surface area contributed by atoms with Gasteiger partial charge in [0.2, 0.25) is 0 Å². The molecule has 0 atom stereocenters. The number of para-hydroxylation sites is 1. The number of rotatable bonds is 7. The Bertz CT molecular complexity index is 694. The van der Waals surface area contributed by atoms with Crippen LogP contribution in [0.25, 0.3) is 0 Å². The molecule has 2 rings (SSSR count). The van der Waals surface area contributed by atoms with Crippen LogP contribution in [0, 0.1) is 11.6 Å². The van der Waals surface area contributed by atoms with E-state index in [1.165, 1.54) is 12.1 Å². The smallest absolute Gasteiger partial charge is 0.170 e. The lowest BCUT2D eigenvalue weighted by Gasteiger charge is -2.12. The van der Waals surface area contributed by atoms with Gasteiger partial charge in [0.25, 0.3) is 0 Å². The zero-order valence-corrected chi connectivity index (χ0v) is 14.3. The van der Waals surface area contributed by atoms with Crippen molar-refractivity contribution in [3.05, 3.63) is 59.7 Å². The number of thiocarbonyl (C=S) groups is 1. The monoisotopic (exact) mass is 350 g/mol. The molecule has 6 heteroatoms. The summed E-state index contributed by atoms with van der Waals surface area (Å²) in [4.78, 5) is 0. The molecule has 0 unspecified atom stereocenters. The molecule has 0 heterocycles. The van der Waals surface area contributed by atoms with E-state index in [2.05, 4.69) is 10.6 Å². The van der Waals surface area contributed by atoms with Gasteiger partial charge in [0.15, 0.2) is 5.11 Å². The van der Waals surface area contributed by atoms with Crippen molar-refractivity contribution in [1.29, 1.82) is 0 Å². The van der Waals surface area contributed by atoms with E-state index in [0.717, 1.165) is 30.2 Å². The Morgan fingerprint density at radius 2 is 1.96 bits per heavy atom. The Balaban J connectivity index is 1.77. The van der Waals surface area contributed by atoms with E-state index >= 15 is 0 Å². The molecule has 0 aromatic heterocycles. The number of halogens is 2. The SMILES string of the molecule is CCOc1ccccc1CCCNC(=S)Nc1ccc(F)cc1F. The van der Waals surface area contributed by atoms with Gasteiger partial charge in [-0.25, -0.2) is 8.78 Å². The minimum Gasteiger partial charge on any atom is -0.494 e. The van der Waals surface area contributed by atoms with Crippen molar-refractivity contribution >= 4 is 23.0 Å². The van der Waals surface area contributed by atoms with Gasteiger partial charge in [-0.1, -0.05) is 18.2 Å². The first-order valence-electron chi connectivity index (χ1n) is 7.80. The summed E-state index contributed by atoms with van der Waals surface area (Å²) in [6, 6.07) is 11.2. The first-order chi connectivity index (χ1) is 11.6. The molecule has 0 aliphatic rings. The Hall–Kier alpha value is -2.21. The molecule has 2 aromatic rings. The zero-order valence-electron chi connectivity index (χ0n) is 13.4. The molecular weight excluding hydrogens is 330 g/mol. The largest absolute Gasteiger partial charge is 0.494 e. The van der Waals surface area contributed by atoms with Crippen LogP contribution in [-0.2, 0) is 6.42 Å². The number of hydrogen-bond donors (Lipinski definition) is 2. The molecule has 0 radical (unpaired) electrons. The molecular formula is C18H20F2N2OS. The van der Waals surface area contributed by atoms with Gasteiger partial charge in [0, 0.05) is 12.6 Å².